The lowest BCUT2D eigenvalue weighted by Gasteiger charge is -2.24. The van der Waals surface area contributed by atoms with Crippen LogP contribution in [0.2, 0.25) is 0 Å². The molecule has 1 heterocycles. The van der Waals surface area contributed by atoms with Gasteiger partial charge in [-0.2, -0.15) is 0 Å². The van der Waals surface area contributed by atoms with Crippen molar-refractivity contribution in [2.75, 3.05) is 6.61 Å². The summed E-state index contributed by atoms with van der Waals surface area (Å²) in [5.74, 6) is 5.67. The van der Waals surface area contributed by atoms with Gasteiger partial charge in [-0.3, -0.25) is 15.6 Å². The Balaban J connectivity index is 1.77. The van der Waals surface area contributed by atoms with E-state index in [0.29, 0.717) is 11.3 Å². The fourth-order valence-corrected chi connectivity index (χ4v) is 3.23. The van der Waals surface area contributed by atoms with Crippen LogP contribution < -0.4 is 31.6 Å². The molecule has 6 N–H and O–H groups in total. The molecule has 2 aromatic rings. The van der Waals surface area contributed by atoms with E-state index < -0.39 is 5.91 Å². The molecule has 8 nitrogen and oxygen atoms in total. The first kappa shape index (κ1) is 19.4. The Morgan fingerprint density at radius 1 is 1.30 bits per heavy atom. The molecule has 1 aliphatic rings. The number of ether oxygens (including phenoxy) is 2. The number of carbonyl (C=O) groups excluding carboxylic acids is 1. The molecule has 0 aromatic heterocycles. The average Bonchev–Trinajstić information content (AvgIpc) is 3.02. The van der Waals surface area contributed by atoms with Gasteiger partial charge >= 0.3 is 0 Å². The quantitative estimate of drug-likeness (QED) is 0.264. The third kappa shape index (κ3) is 4.51. The van der Waals surface area contributed by atoms with Gasteiger partial charge in [0.05, 0.1) is 16.6 Å². The molecule has 0 bridgehead atoms. The van der Waals surface area contributed by atoms with Crippen molar-refractivity contribution in [3.63, 3.8) is 0 Å². The minimum absolute atomic E-state index is 0.00526. The van der Waals surface area contributed by atoms with Crippen molar-refractivity contribution in [1.29, 1.82) is 0 Å². The molecule has 144 valence electrons. The number of benzene rings is 2. The Bertz CT molecular complexity index is 820. The highest BCUT2D eigenvalue weighted by Crippen LogP contribution is 2.36. The molecule has 3 atom stereocenters. The van der Waals surface area contributed by atoms with Gasteiger partial charge in [-0.05, 0) is 47.1 Å². The molecule has 1 amide bonds. The van der Waals surface area contributed by atoms with Gasteiger partial charge in [0.1, 0.15) is 23.4 Å². The van der Waals surface area contributed by atoms with Gasteiger partial charge in [0.2, 0.25) is 0 Å². The van der Waals surface area contributed by atoms with Crippen LogP contribution in [0.4, 0.5) is 0 Å². The summed E-state index contributed by atoms with van der Waals surface area (Å²) in [6.45, 7) is 1.76. The first-order valence-electron chi connectivity index (χ1n) is 8.37. The Hall–Kier alpha value is -2.33. The summed E-state index contributed by atoms with van der Waals surface area (Å²) in [5, 5.41) is 10.5. The van der Waals surface area contributed by atoms with Crippen LogP contribution in [-0.2, 0) is 4.79 Å². The van der Waals surface area contributed by atoms with E-state index in [2.05, 4.69) is 26.8 Å². The zero-order chi connectivity index (χ0) is 19.4. The summed E-state index contributed by atoms with van der Waals surface area (Å²) in [4.78, 5) is 11.2. The minimum Gasteiger partial charge on any atom is -0.507 e. The number of hydrogen-bond acceptors (Lipinski definition) is 7. The van der Waals surface area contributed by atoms with Crippen LogP contribution in [0.25, 0.3) is 0 Å². The second-order valence-corrected chi connectivity index (χ2v) is 7.00. The van der Waals surface area contributed by atoms with E-state index in [9.17, 15) is 9.90 Å². The molecule has 3 rings (SSSR count). The summed E-state index contributed by atoms with van der Waals surface area (Å²) in [5.41, 5.74) is 8.94. The van der Waals surface area contributed by atoms with Gasteiger partial charge in [-0.1, -0.05) is 12.1 Å². The number of carbonyl (C=O) groups is 1. The molecule has 0 saturated carbocycles. The van der Waals surface area contributed by atoms with E-state index in [0.717, 1.165) is 10.2 Å². The SMILES string of the molecule is CC1NNC(c2ccc(OCC(=O)NN)cc2O)C1Oc1ccccc1Br. The number of rotatable bonds is 6. The molecule has 2 aromatic carbocycles. The number of nitrogens with two attached hydrogens (primary N) is 1. The predicted octanol–water partition coefficient (Wildman–Crippen LogP) is 1.51. The maximum atomic E-state index is 11.2. The van der Waals surface area contributed by atoms with Gasteiger partial charge < -0.3 is 14.6 Å². The number of nitrogens with one attached hydrogen (secondary N) is 3. The predicted molar refractivity (Wildman–Crippen MR) is 103 cm³/mol. The number of amides is 1. The van der Waals surface area contributed by atoms with Gasteiger partial charge in [0.15, 0.2) is 6.61 Å². The lowest BCUT2D eigenvalue weighted by atomic mass is 9.98. The van der Waals surface area contributed by atoms with E-state index >= 15 is 0 Å². The number of hydrazine groups is 2. The molecule has 0 spiro atoms. The molecule has 1 aliphatic heterocycles. The Kier molecular flexibility index (Phi) is 6.17. The second-order valence-electron chi connectivity index (χ2n) is 6.14. The van der Waals surface area contributed by atoms with Crippen molar-refractivity contribution < 1.29 is 19.4 Å². The first-order valence-corrected chi connectivity index (χ1v) is 9.16. The number of halogens is 1. The van der Waals surface area contributed by atoms with E-state index in [1.165, 1.54) is 6.07 Å². The van der Waals surface area contributed by atoms with Crippen molar-refractivity contribution in [3.05, 3.63) is 52.5 Å². The molecule has 27 heavy (non-hydrogen) atoms. The van der Waals surface area contributed by atoms with E-state index in [4.69, 9.17) is 15.3 Å². The van der Waals surface area contributed by atoms with Crippen molar-refractivity contribution in [1.82, 2.24) is 16.3 Å². The van der Waals surface area contributed by atoms with E-state index in [1.54, 1.807) is 12.1 Å². The van der Waals surface area contributed by atoms with Gasteiger partial charge in [0, 0.05) is 11.6 Å². The fourth-order valence-electron chi connectivity index (χ4n) is 2.85. The highest BCUT2D eigenvalue weighted by Gasteiger charge is 2.37. The maximum Gasteiger partial charge on any atom is 0.271 e. The number of phenolic OH excluding ortho intramolecular Hbond substituents is 1. The number of aromatic hydroxyl groups is 1. The Labute approximate surface area is 165 Å². The Morgan fingerprint density at radius 2 is 2.07 bits per heavy atom. The third-order valence-electron chi connectivity index (χ3n) is 4.26. The third-order valence-corrected chi connectivity index (χ3v) is 4.91. The van der Waals surface area contributed by atoms with Crippen LogP contribution in [0, 0.1) is 0 Å². The molecular formula is C18H21BrN4O4. The maximum absolute atomic E-state index is 11.2. The summed E-state index contributed by atoms with van der Waals surface area (Å²) in [6.07, 6.45) is -0.260. The van der Waals surface area contributed by atoms with Crippen LogP contribution in [0.15, 0.2) is 46.9 Å². The second kappa shape index (κ2) is 8.57. The van der Waals surface area contributed by atoms with Crippen LogP contribution in [0.3, 0.4) is 0 Å². The normalized spacial score (nSPS) is 21.7. The van der Waals surface area contributed by atoms with Crippen LogP contribution in [0.5, 0.6) is 17.2 Å². The van der Waals surface area contributed by atoms with Gasteiger partial charge in [-0.15, -0.1) is 0 Å². The first-order chi connectivity index (χ1) is 13.0. The topological polar surface area (TPSA) is 118 Å². The minimum atomic E-state index is -0.462. The lowest BCUT2D eigenvalue weighted by molar-refractivity contribution is -0.123. The summed E-state index contributed by atoms with van der Waals surface area (Å²) in [7, 11) is 0. The van der Waals surface area contributed by atoms with E-state index in [-0.39, 0.29) is 30.5 Å². The van der Waals surface area contributed by atoms with E-state index in [1.807, 2.05) is 36.6 Å². The number of para-hydroxylation sites is 1. The summed E-state index contributed by atoms with van der Waals surface area (Å²) >= 11 is 3.49. The van der Waals surface area contributed by atoms with Crippen LogP contribution >= 0.6 is 15.9 Å². The number of hydrogen-bond donors (Lipinski definition) is 5. The fraction of sp³-hybridized carbons (Fsp3) is 0.278. The van der Waals surface area contributed by atoms with Crippen molar-refractivity contribution in [2.45, 2.75) is 25.1 Å². The largest absolute Gasteiger partial charge is 0.507 e. The van der Waals surface area contributed by atoms with Gasteiger partial charge in [0.25, 0.3) is 5.91 Å². The Morgan fingerprint density at radius 3 is 2.78 bits per heavy atom. The zero-order valence-electron chi connectivity index (χ0n) is 14.6. The van der Waals surface area contributed by atoms with Crippen molar-refractivity contribution >= 4 is 21.8 Å². The number of phenols is 1. The average molecular weight is 437 g/mol. The monoisotopic (exact) mass is 436 g/mol. The molecule has 1 saturated heterocycles. The highest BCUT2D eigenvalue weighted by atomic mass is 79.9. The lowest BCUT2D eigenvalue weighted by Crippen LogP contribution is -2.34. The molecule has 1 fully saturated rings. The zero-order valence-corrected chi connectivity index (χ0v) is 16.2. The van der Waals surface area contributed by atoms with Gasteiger partial charge in [-0.25, -0.2) is 11.3 Å². The summed E-state index contributed by atoms with van der Waals surface area (Å²) < 4.78 is 12.3. The molecule has 0 aliphatic carbocycles. The molecule has 9 heteroatoms. The van der Waals surface area contributed by atoms with Crippen LogP contribution in [0.1, 0.15) is 18.5 Å². The van der Waals surface area contributed by atoms with Crippen molar-refractivity contribution in [3.8, 4) is 17.2 Å². The molecule has 0 radical (unpaired) electrons. The van der Waals surface area contributed by atoms with Crippen molar-refractivity contribution in [2.24, 2.45) is 5.84 Å². The highest BCUT2D eigenvalue weighted by molar-refractivity contribution is 9.10. The molecular weight excluding hydrogens is 416 g/mol. The smallest absolute Gasteiger partial charge is 0.271 e. The summed E-state index contributed by atoms with van der Waals surface area (Å²) in [6, 6.07) is 12.2. The van der Waals surface area contributed by atoms with Crippen LogP contribution in [-0.4, -0.2) is 29.8 Å². The standard InChI is InChI=1S/C18H21BrN4O4/c1-10-18(27-15-5-3-2-4-13(15)19)17(23-22-10)12-7-6-11(8-14(12)24)26-9-16(25)21-20/h2-8,10,17-18,22-24H,9,20H2,1H3,(H,21,25). The molecule has 3 unspecified atom stereocenters.